The van der Waals surface area contributed by atoms with Crippen molar-refractivity contribution in [2.75, 3.05) is 0 Å². The Balaban J connectivity index is 2.38. The van der Waals surface area contributed by atoms with Gasteiger partial charge in [0.05, 0.1) is 11.7 Å². The Hall–Kier alpha value is -1.36. The second-order valence-electron chi connectivity index (χ2n) is 5.06. The van der Waals surface area contributed by atoms with E-state index in [0.717, 1.165) is 21.8 Å². The molecule has 5 heteroatoms. The lowest BCUT2D eigenvalue weighted by molar-refractivity contribution is 0.0523. The molecule has 0 aliphatic rings. The molecule has 18 heavy (non-hydrogen) atoms. The van der Waals surface area contributed by atoms with Crippen LogP contribution in [0.3, 0.4) is 0 Å². The summed E-state index contributed by atoms with van der Waals surface area (Å²) in [6.45, 7) is 5.50. The SMILES string of the molecule is CC(C)(C)OC(=O)n1ncc2cc(CBr)ccc21. The van der Waals surface area contributed by atoms with Crippen molar-refractivity contribution in [3.05, 3.63) is 30.0 Å². The minimum atomic E-state index is -0.523. The zero-order chi connectivity index (χ0) is 13.3. The Morgan fingerprint density at radius 2 is 2.17 bits per heavy atom. The van der Waals surface area contributed by atoms with Gasteiger partial charge in [0.15, 0.2) is 0 Å². The number of hydrogen-bond acceptors (Lipinski definition) is 3. The van der Waals surface area contributed by atoms with E-state index in [-0.39, 0.29) is 0 Å². The molecule has 0 spiro atoms. The van der Waals surface area contributed by atoms with Crippen LogP contribution in [0.2, 0.25) is 0 Å². The van der Waals surface area contributed by atoms with Crippen LogP contribution < -0.4 is 0 Å². The van der Waals surface area contributed by atoms with Gasteiger partial charge in [0, 0.05) is 10.7 Å². The summed E-state index contributed by atoms with van der Waals surface area (Å²) in [5.41, 5.74) is 1.38. The highest BCUT2D eigenvalue weighted by Gasteiger charge is 2.19. The van der Waals surface area contributed by atoms with E-state index < -0.39 is 11.7 Å². The van der Waals surface area contributed by atoms with E-state index in [1.807, 2.05) is 39.0 Å². The molecule has 4 nitrogen and oxygen atoms in total. The number of aromatic nitrogens is 2. The Morgan fingerprint density at radius 3 is 2.78 bits per heavy atom. The van der Waals surface area contributed by atoms with Gasteiger partial charge in [-0.05, 0) is 38.5 Å². The van der Waals surface area contributed by atoms with E-state index in [1.165, 1.54) is 4.68 Å². The maximum absolute atomic E-state index is 12.0. The Bertz CT molecular complexity index is 584. The van der Waals surface area contributed by atoms with E-state index in [2.05, 4.69) is 21.0 Å². The van der Waals surface area contributed by atoms with Crippen molar-refractivity contribution in [2.24, 2.45) is 0 Å². The monoisotopic (exact) mass is 310 g/mol. The number of fused-ring (bicyclic) bond motifs is 1. The van der Waals surface area contributed by atoms with Gasteiger partial charge in [-0.1, -0.05) is 22.0 Å². The van der Waals surface area contributed by atoms with Gasteiger partial charge in [-0.2, -0.15) is 9.78 Å². The maximum Gasteiger partial charge on any atom is 0.435 e. The average Bonchev–Trinajstić information content (AvgIpc) is 2.69. The first-order chi connectivity index (χ1) is 8.40. The summed E-state index contributed by atoms with van der Waals surface area (Å²) in [5, 5.41) is 5.79. The van der Waals surface area contributed by atoms with Gasteiger partial charge in [0.1, 0.15) is 5.60 Å². The van der Waals surface area contributed by atoms with Crippen LogP contribution in [0.5, 0.6) is 0 Å². The van der Waals surface area contributed by atoms with Gasteiger partial charge in [-0.25, -0.2) is 4.79 Å². The molecule has 0 fully saturated rings. The van der Waals surface area contributed by atoms with E-state index in [1.54, 1.807) is 6.20 Å². The Kier molecular flexibility index (Phi) is 3.43. The summed E-state index contributed by atoms with van der Waals surface area (Å²) < 4.78 is 6.59. The van der Waals surface area contributed by atoms with Crippen molar-refractivity contribution in [3.63, 3.8) is 0 Å². The molecule has 0 aliphatic heterocycles. The van der Waals surface area contributed by atoms with Crippen LogP contribution in [0.15, 0.2) is 24.4 Å². The van der Waals surface area contributed by atoms with Gasteiger partial charge in [-0.15, -0.1) is 0 Å². The molecule has 2 aromatic rings. The van der Waals surface area contributed by atoms with Crippen LogP contribution in [0.1, 0.15) is 26.3 Å². The number of hydrogen-bond donors (Lipinski definition) is 0. The largest absolute Gasteiger partial charge is 0.442 e. The van der Waals surface area contributed by atoms with Crippen LogP contribution in [0.25, 0.3) is 10.9 Å². The minimum absolute atomic E-state index is 0.455. The highest BCUT2D eigenvalue weighted by Crippen LogP contribution is 2.19. The summed E-state index contributed by atoms with van der Waals surface area (Å²) in [7, 11) is 0. The molecule has 0 saturated carbocycles. The normalized spacial score (nSPS) is 11.8. The molecule has 0 atom stereocenters. The second-order valence-corrected chi connectivity index (χ2v) is 5.62. The molecular weight excluding hydrogens is 296 g/mol. The van der Waals surface area contributed by atoms with Gasteiger partial charge in [0.25, 0.3) is 0 Å². The molecule has 0 radical (unpaired) electrons. The number of carbonyl (C=O) groups is 1. The number of alkyl halides is 1. The molecule has 0 amide bonds. The van der Waals surface area contributed by atoms with E-state index in [4.69, 9.17) is 4.74 Å². The quantitative estimate of drug-likeness (QED) is 0.754. The molecule has 0 N–H and O–H groups in total. The number of halogens is 1. The molecule has 1 aromatic carbocycles. The van der Waals surface area contributed by atoms with E-state index >= 15 is 0 Å². The predicted molar refractivity (Wildman–Crippen MR) is 74.0 cm³/mol. The summed E-state index contributed by atoms with van der Waals surface area (Å²) in [6.07, 6.45) is 1.22. The van der Waals surface area contributed by atoms with Crippen LogP contribution in [0, 0.1) is 0 Å². The fraction of sp³-hybridized carbons (Fsp3) is 0.385. The fourth-order valence-electron chi connectivity index (χ4n) is 1.62. The van der Waals surface area contributed by atoms with Crippen molar-refractivity contribution in [1.82, 2.24) is 9.78 Å². The van der Waals surface area contributed by atoms with E-state index in [9.17, 15) is 4.79 Å². The zero-order valence-corrected chi connectivity index (χ0v) is 12.2. The van der Waals surface area contributed by atoms with Gasteiger partial charge in [-0.3, -0.25) is 0 Å². The van der Waals surface area contributed by atoms with Crippen LogP contribution in [0.4, 0.5) is 4.79 Å². The van der Waals surface area contributed by atoms with Crippen molar-refractivity contribution in [2.45, 2.75) is 31.7 Å². The summed E-state index contributed by atoms with van der Waals surface area (Å²) in [6, 6.07) is 5.83. The van der Waals surface area contributed by atoms with Crippen molar-refractivity contribution in [3.8, 4) is 0 Å². The first-order valence-electron chi connectivity index (χ1n) is 5.67. The molecule has 0 aliphatic carbocycles. The minimum Gasteiger partial charge on any atom is -0.442 e. The van der Waals surface area contributed by atoms with Crippen LogP contribution >= 0.6 is 15.9 Å². The van der Waals surface area contributed by atoms with Gasteiger partial charge in [0.2, 0.25) is 0 Å². The second kappa shape index (κ2) is 4.72. The maximum atomic E-state index is 12.0. The summed E-state index contributed by atoms with van der Waals surface area (Å²) >= 11 is 3.40. The molecule has 0 bridgehead atoms. The first kappa shape index (κ1) is 13.1. The lowest BCUT2D eigenvalue weighted by atomic mass is 10.2. The predicted octanol–water partition coefficient (Wildman–Crippen LogP) is 3.71. The standard InChI is InChI=1S/C13H15BrN2O2/c1-13(2,3)18-12(17)16-11-5-4-9(7-14)6-10(11)8-15-16/h4-6,8H,7H2,1-3H3. The molecule has 1 aromatic heterocycles. The smallest absolute Gasteiger partial charge is 0.435 e. The van der Waals surface area contributed by atoms with Gasteiger partial charge < -0.3 is 4.74 Å². The number of benzene rings is 1. The third kappa shape index (κ3) is 2.72. The molecule has 96 valence electrons. The third-order valence-corrected chi connectivity index (χ3v) is 3.00. The molecular formula is C13H15BrN2O2. The van der Waals surface area contributed by atoms with Crippen molar-refractivity contribution >= 4 is 32.9 Å². The molecule has 0 saturated heterocycles. The topological polar surface area (TPSA) is 44.1 Å². The van der Waals surface area contributed by atoms with Crippen LogP contribution in [-0.2, 0) is 10.1 Å². The van der Waals surface area contributed by atoms with Crippen molar-refractivity contribution < 1.29 is 9.53 Å². The number of nitrogens with zero attached hydrogens (tertiary/aromatic N) is 2. The highest BCUT2D eigenvalue weighted by molar-refractivity contribution is 9.08. The van der Waals surface area contributed by atoms with Crippen molar-refractivity contribution in [1.29, 1.82) is 0 Å². The molecule has 1 heterocycles. The number of rotatable bonds is 1. The Morgan fingerprint density at radius 1 is 1.44 bits per heavy atom. The number of carbonyl (C=O) groups excluding carboxylic acids is 1. The lowest BCUT2D eigenvalue weighted by Crippen LogP contribution is -2.27. The van der Waals surface area contributed by atoms with E-state index in [0.29, 0.717) is 0 Å². The van der Waals surface area contributed by atoms with Crippen LogP contribution in [-0.4, -0.2) is 21.5 Å². The Labute approximate surface area is 114 Å². The van der Waals surface area contributed by atoms with Gasteiger partial charge >= 0.3 is 6.09 Å². The number of ether oxygens (including phenoxy) is 1. The fourth-order valence-corrected chi connectivity index (χ4v) is 1.96. The highest BCUT2D eigenvalue weighted by atomic mass is 79.9. The average molecular weight is 311 g/mol. The summed E-state index contributed by atoms with van der Waals surface area (Å²) in [4.78, 5) is 12.0. The summed E-state index contributed by atoms with van der Waals surface area (Å²) in [5.74, 6) is 0. The lowest BCUT2D eigenvalue weighted by Gasteiger charge is -2.19. The molecule has 0 unspecified atom stereocenters. The molecule has 2 rings (SSSR count). The zero-order valence-electron chi connectivity index (χ0n) is 10.6. The first-order valence-corrected chi connectivity index (χ1v) is 6.79. The third-order valence-electron chi connectivity index (χ3n) is 2.35.